The van der Waals surface area contributed by atoms with Gasteiger partial charge >= 0.3 is 0 Å². The van der Waals surface area contributed by atoms with Crippen LogP contribution in [-0.2, 0) is 6.42 Å². The molecule has 0 amide bonds. The molecule has 5 aromatic rings. The molecule has 2 aromatic carbocycles. The van der Waals surface area contributed by atoms with Gasteiger partial charge in [0, 0.05) is 41.7 Å². The first-order valence-corrected chi connectivity index (χ1v) is 13.0. The highest BCUT2D eigenvalue weighted by atomic mass is 19.1. The van der Waals surface area contributed by atoms with Crippen molar-refractivity contribution in [1.29, 1.82) is 0 Å². The minimum absolute atomic E-state index is 0.131. The molecule has 0 radical (unpaired) electrons. The Bertz CT molecular complexity index is 1950. The van der Waals surface area contributed by atoms with E-state index in [9.17, 15) is 18.8 Å². The Kier molecular flexibility index (Phi) is 7.98. The van der Waals surface area contributed by atoms with E-state index in [0.717, 1.165) is 6.07 Å². The lowest BCUT2D eigenvalue weighted by atomic mass is 9.99. The normalized spacial score (nSPS) is 10.9. The first-order valence-electron chi connectivity index (χ1n) is 13.0. The summed E-state index contributed by atoms with van der Waals surface area (Å²) < 4.78 is 46.2. The van der Waals surface area contributed by atoms with Gasteiger partial charge in [0.25, 0.3) is 11.4 Å². The molecule has 0 saturated carbocycles. The molecule has 0 aliphatic rings. The molecule has 0 atom stereocenters. The van der Waals surface area contributed by atoms with Gasteiger partial charge < -0.3 is 14.2 Å². The third kappa shape index (κ3) is 5.69. The molecule has 0 spiro atoms. The predicted molar refractivity (Wildman–Crippen MR) is 154 cm³/mol. The van der Waals surface area contributed by atoms with Gasteiger partial charge in [-0.1, -0.05) is 6.07 Å². The van der Waals surface area contributed by atoms with Gasteiger partial charge in [0.05, 0.1) is 25.3 Å². The number of carbonyl (C=O) groups excluding carboxylic acids is 2. The van der Waals surface area contributed by atoms with E-state index in [1.807, 2.05) is 0 Å². The second kappa shape index (κ2) is 11.8. The van der Waals surface area contributed by atoms with E-state index in [-0.39, 0.29) is 46.3 Å². The van der Waals surface area contributed by atoms with Crippen molar-refractivity contribution in [3.05, 3.63) is 111 Å². The van der Waals surface area contributed by atoms with Crippen molar-refractivity contribution in [3.63, 3.8) is 0 Å². The van der Waals surface area contributed by atoms with Crippen LogP contribution < -0.4 is 19.8 Å². The van der Waals surface area contributed by atoms with E-state index in [1.54, 1.807) is 13.0 Å². The SMILES string of the molecule is COc1cc2nccc(Oc3ccc(CC(=O)c4cc(C(C)=O)c(C)n(-c5ccc(F)cc5)c4=O)cc3F)c2nc1OC. The van der Waals surface area contributed by atoms with Gasteiger partial charge in [-0.3, -0.25) is 23.9 Å². The van der Waals surface area contributed by atoms with Crippen molar-refractivity contribution in [3.8, 4) is 28.8 Å². The van der Waals surface area contributed by atoms with Crippen LogP contribution in [0.1, 0.15) is 38.9 Å². The van der Waals surface area contributed by atoms with Gasteiger partial charge in [-0.2, -0.15) is 0 Å². The molecule has 11 heteroatoms. The van der Waals surface area contributed by atoms with E-state index in [1.165, 1.54) is 80.4 Å². The maximum absolute atomic E-state index is 15.2. The highest BCUT2D eigenvalue weighted by molar-refractivity contribution is 6.01. The number of pyridine rings is 3. The Morgan fingerprint density at radius 3 is 2.28 bits per heavy atom. The molecule has 0 aliphatic carbocycles. The standard InChI is InChI=1S/C32H25F2N3O6/c1-17-22(18(2)38)15-23(32(40)37(17)21-8-6-20(33)7-9-21)26(39)14-19-5-10-27(24(34)13-19)43-28-11-12-35-25-16-29(41-3)31(42-4)36-30(25)28/h5-13,15-16H,14H2,1-4H3. The zero-order chi connectivity index (χ0) is 30.8. The Morgan fingerprint density at radius 1 is 0.884 bits per heavy atom. The molecule has 0 unspecified atom stereocenters. The fraction of sp³-hybridized carbons (Fsp3) is 0.156. The number of hydrogen-bond acceptors (Lipinski definition) is 8. The van der Waals surface area contributed by atoms with Crippen LogP contribution in [0.5, 0.6) is 23.1 Å². The summed E-state index contributed by atoms with van der Waals surface area (Å²) >= 11 is 0. The van der Waals surface area contributed by atoms with Gasteiger partial charge in [-0.05, 0) is 61.9 Å². The number of nitrogens with zero attached hydrogens (tertiary/aromatic N) is 3. The summed E-state index contributed by atoms with van der Waals surface area (Å²) in [7, 11) is 2.90. The van der Waals surface area contributed by atoms with Gasteiger partial charge in [-0.25, -0.2) is 13.8 Å². The molecule has 43 heavy (non-hydrogen) atoms. The lowest BCUT2D eigenvalue weighted by Crippen LogP contribution is -2.29. The summed E-state index contributed by atoms with van der Waals surface area (Å²) in [6.45, 7) is 2.89. The first kappa shape index (κ1) is 29.1. The van der Waals surface area contributed by atoms with Crippen LogP contribution in [-0.4, -0.2) is 40.3 Å². The zero-order valence-corrected chi connectivity index (χ0v) is 23.6. The second-order valence-electron chi connectivity index (χ2n) is 9.57. The second-order valence-corrected chi connectivity index (χ2v) is 9.57. The van der Waals surface area contributed by atoms with Crippen LogP contribution in [0.3, 0.4) is 0 Å². The van der Waals surface area contributed by atoms with E-state index in [0.29, 0.717) is 28.2 Å². The third-order valence-corrected chi connectivity index (χ3v) is 6.81. The zero-order valence-electron chi connectivity index (χ0n) is 23.6. The van der Waals surface area contributed by atoms with E-state index in [4.69, 9.17) is 14.2 Å². The van der Waals surface area contributed by atoms with Crippen LogP contribution in [0.2, 0.25) is 0 Å². The molecular formula is C32H25F2N3O6. The molecule has 0 N–H and O–H groups in total. The van der Waals surface area contributed by atoms with Crippen molar-refractivity contribution < 1.29 is 32.6 Å². The quantitative estimate of drug-likeness (QED) is 0.200. The van der Waals surface area contributed by atoms with E-state index in [2.05, 4.69) is 9.97 Å². The first-order chi connectivity index (χ1) is 20.6. The van der Waals surface area contributed by atoms with Crippen LogP contribution in [0, 0.1) is 18.6 Å². The fourth-order valence-corrected chi connectivity index (χ4v) is 4.68. The van der Waals surface area contributed by atoms with Crippen LogP contribution in [0.15, 0.2) is 71.7 Å². The van der Waals surface area contributed by atoms with Crippen LogP contribution >= 0.6 is 0 Å². The van der Waals surface area contributed by atoms with Crippen molar-refractivity contribution in [2.75, 3.05) is 14.2 Å². The molecule has 218 valence electrons. The molecule has 0 fully saturated rings. The maximum Gasteiger partial charge on any atom is 0.266 e. The Labute approximate surface area is 244 Å². The summed E-state index contributed by atoms with van der Waals surface area (Å²) in [4.78, 5) is 47.7. The van der Waals surface area contributed by atoms with Crippen molar-refractivity contribution >= 4 is 22.6 Å². The summed E-state index contributed by atoms with van der Waals surface area (Å²) in [6.07, 6.45) is 1.15. The fourth-order valence-electron chi connectivity index (χ4n) is 4.68. The number of hydrogen-bond donors (Lipinski definition) is 0. The molecule has 5 rings (SSSR count). The predicted octanol–water partition coefficient (Wildman–Crippen LogP) is 5.80. The highest BCUT2D eigenvalue weighted by Gasteiger charge is 2.21. The molecule has 3 heterocycles. The minimum Gasteiger partial charge on any atom is -0.491 e. The van der Waals surface area contributed by atoms with Crippen molar-refractivity contribution in [2.24, 2.45) is 0 Å². The van der Waals surface area contributed by atoms with E-state index >= 15 is 4.39 Å². The minimum atomic E-state index is -0.757. The number of aromatic nitrogens is 3. The molecule has 0 saturated heterocycles. The number of rotatable bonds is 9. The Hall–Kier alpha value is -5.45. The van der Waals surface area contributed by atoms with Gasteiger partial charge in [-0.15, -0.1) is 0 Å². The molecule has 9 nitrogen and oxygen atoms in total. The number of carbonyl (C=O) groups is 2. The number of Topliss-reactive ketones (excluding diaryl/α,β-unsaturated/α-hetero) is 2. The lowest BCUT2D eigenvalue weighted by Gasteiger charge is -2.15. The summed E-state index contributed by atoms with van der Waals surface area (Å²) in [5.74, 6) is -1.59. The van der Waals surface area contributed by atoms with Crippen LogP contribution in [0.4, 0.5) is 8.78 Å². The Morgan fingerprint density at radius 2 is 1.63 bits per heavy atom. The highest BCUT2D eigenvalue weighted by Crippen LogP contribution is 2.34. The maximum atomic E-state index is 15.2. The largest absolute Gasteiger partial charge is 0.491 e. The number of benzene rings is 2. The summed E-state index contributed by atoms with van der Waals surface area (Å²) in [5.41, 5.74) is 0.865. The summed E-state index contributed by atoms with van der Waals surface area (Å²) in [6, 6.07) is 13.5. The molecule has 0 bridgehead atoms. The lowest BCUT2D eigenvalue weighted by molar-refractivity contribution is 0.0991. The molecule has 0 aliphatic heterocycles. The van der Waals surface area contributed by atoms with Crippen molar-refractivity contribution in [1.82, 2.24) is 14.5 Å². The average molecular weight is 586 g/mol. The van der Waals surface area contributed by atoms with Gasteiger partial charge in [0.2, 0.25) is 0 Å². The van der Waals surface area contributed by atoms with Gasteiger partial charge in [0.15, 0.2) is 34.6 Å². The third-order valence-electron chi connectivity index (χ3n) is 6.81. The monoisotopic (exact) mass is 585 g/mol. The Balaban J connectivity index is 1.45. The molecular weight excluding hydrogens is 560 g/mol. The number of ketones is 2. The number of methoxy groups -OCH3 is 2. The molecule has 3 aromatic heterocycles. The average Bonchev–Trinajstić information content (AvgIpc) is 2.98. The van der Waals surface area contributed by atoms with E-state index < -0.39 is 23.0 Å². The number of ether oxygens (including phenoxy) is 3. The number of halogens is 2. The van der Waals surface area contributed by atoms with Crippen LogP contribution in [0.25, 0.3) is 16.7 Å². The summed E-state index contributed by atoms with van der Waals surface area (Å²) in [5, 5.41) is 0. The smallest absolute Gasteiger partial charge is 0.266 e. The number of fused-ring (bicyclic) bond motifs is 1. The van der Waals surface area contributed by atoms with Crippen molar-refractivity contribution in [2.45, 2.75) is 20.3 Å². The topological polar surface area (TPSA) is 110 Å². The van der Waals surface area contributed by atoms with Gasteiger partial charge in [0.1, 0.15) is 11.3 Å².